The van der Waals surface area contributed by atoms with Crippen molar-refractivity contribution in [2.45, 2.75) is 11.1 Å². The van der Waals surface area contributed by atoms with Crippen molar-refractivity contribution in [1.82, 2.24) is 0 Å². The van der Waals surface area contributed by atoms with E-state index in [2.05, 4.69) is 5.32 Å². The summed E-state index contributed by atoms with van der Waals surface area (Å²) in [5.41, 5.74) is 0.626. The van der Waals surface area contributed by atoms with Crippen LogP contribution in [0.1, 0.15) is 0 Å². The molecule has 0 atom stereocenters. The molecule has 1 N–H and O–H groups in total. The molecule has 0 radical (unpaired) electrons. The third-order valence-electron chi connectivity index (χ3n) is 2.21. The number of ether oxygens (including phenoxy) is 1. The number of fused-ring (bicyclic) bond motifs is 1. The van der Waals surface area contributed by atoms with E-state index in [1.54, 1.807) is 18.2 Å². The van der Waals surface area contributed by atoms with Crippen molar-refractivity contribution in [3.63, 3.8) is 0 Å². The molecule has 1 heterocycles. The molecule has 1 aliphatic heterocycles. The van der Waals surface area contributed by atoms with Crippen LogP contribution in [0.3, 0.4) is 0 Å². The van der Waals surface area contributed by atoms with Gasteiger partial charge in [0.15, 0.2) is 0 Å². The zero-order valence-corrected chi connectivity index (χ0v) is 9.98. The van der Waals surface area contributed by atoms with Crippen molar-refractivity contribution in [2.24, 2.45) is 0 Å². The molecule has 7 heteroatoms. The lowest BCUT2D eigenvalue weighted by Gasteiger charge is -2.03. The van der Waals surface area contributed by atoms with Crippen molar-refractivity contribution in [3.8, 4) is 5.75 Å². The van der Waals surface area contributed by atoms with E-state index in [0.29, 0.717) is 22.4 Å². The first kappa shape index (κ1) is 12.8. The SMILES string of the molecule is COc1cccc2c1S/C(=C/C(=O)C(F)(F)F)N2. The minimum absolute atomic E-state index is 0.136. The van der Waals surface area contributed by atoms with Crippen molar-refractivity contribution in [3.05, 3.63) is 29.3 Å². The Kier molecular flexibility index (Phi) is 3.25. The van der Waals surface area contributed by atoms with Gasteiger partial charge in [0.1, 0.15) is 5.75 Å². The number of alkyl halides is 3. The van der Waals surface area contributed by atoms with Crippen LogP contribution in [-0.2, 0) is 4.79 Å². The second-order valence-corrected chi connectivity index (χ2v) is 4.49. The maximum absolute atomic E-state index is 12.1. The van der Waals surface area contributed by atoms with E-state index in [-0.39, 0.29) is 5.03 Å². The molecule has 0 saturated heterocycles. The fourth-order valence-corrected chi connectivity index (χ4v) is 2.44. The summed E-state index contributed by atoms with van der Waals surface area (Å²) in [5, 5.41) is 2.87. The van der Waals surface area contributed by atoms with Crippen molar-refractivity contribution in [2.75, 3.05) is 12.4 Å². The van der Waals surface area contributed by atoms with Gasteiger partial charge < -0.3 is 10.1 Å². The number of nitrogens with one attached hydrogen (secondary N) is 1. The van der Waals surface area contributed by atoms with Crippen molar-refractivity contribution < 1.29 is 22.7 Å². The van der Waals surface area contributed by atoms with Crippen LogP contribution in [0.15, 0.2) is 34.2 Å². The molecule has 0 fully saturated rings. The largest absolute Gasteiger partial charge is 0.495 e. The molecule has 2 rings (SSSR count). The lowest BCUT2D eigenvalue weighted by Crippen LogP contribution is -2.20. The average molecular weight is 275 g/mol. The second-order valence-electron chi connectivity index (χ2n) is 3.43. The van der Waals surface area contributed by atoms with Crippen LogP contribution in [-0.4, -0.2) is 19.1 Å². The zero-order valence-electron chi connectivity index (χ0n) is 9.17. The number of hydrogen-bond acceptors (Lipinski definition) is 4. The maximum Gasteiger partial charge on any atom is 0.454 e. The van der Waals surface area contributed by atoms with E-state index in [0.717, 1.165) is 11.8 Å². The first-order valence-corrected chi connectivity index (χ1v) is 5.68. The Bertz CT molecular complexity index is 526. The van der Waals surface area contributed by atoms with Crippen LogP contribution in [0.5, 0.6) is 5.75 Å². The third kappa shape index (κ3) is 2.45. The van der Waals surface area contributed by atoms with Gasteiger partial charge in [-0.1, -0.05) is 17.8 Å². The van der Waals surface area contributed by atoms with Crippen molar-refractivity contribution in [1.29, 1.82) is 0 Å². The highest BCUT2D eigenvalue weighted by Crippen LogP contribution is 2.46. The van der Waals surface area contributed by atoms with E-state index < -0.39 is 12.0 Å². The molecule has 1 aliphatic rings. The summed E-state index contributed by atoms with van der Waals surface area (Å²) >= 11 is 1.04. The minimum atomic E-state index is -4.85. The molecule has 3 nitrogen and oxygen atoms in total. The van der Waals surface area contributed by atoms with Gasteiger partial charge in [0.2, 0.25) is 0 Å². The van der Waals surface area contributed by atoms with E-state index in [1.165, 1.54) is 7.11 Å². The first-order chi connectivity index (χ1) is 8.41. The van der Waals surface area contributed by atoms with Gasteiger partial charge in [-0.3, -0.25) is 4.79 Å². The minimum Gasteiger partial charge on any atom is -0.495 e. The Labute approximate surface area is 105 Å². The molecule has 0 aromatic heterocycles. The number of allylic oxidation sites excluding steroid dienone is 1. The average Bonchev–Trinajstić information content (AvgIpc) is 2.69. The van der Waals surface area contributed by atoms with Gasteiger partial charge >= 0.3 is 6.18 Å². The van der Waals surface area contributed by atoms with E-state index in [1.807, 2.05) is 0 Å². The highest BCUT2D eigenvalue weighted by atomic mass is 32.2. The summed E-state index contributed by atoms with van der Waals surface area (Å²) in [6.45, 7) is 0. The smallest absolute Gasteiger partial charge is 0.454 e. The number of carbonyl (C=O) groups excluding carboxylic acids is 1. The highest BCUT2D eigenvalue weighted by molar-refractivity contribution is 8.03. The number of hydrogen-bond donors (Lipinski definition) is 1. The second kappa shape index (κ2) is 4.56. The number of rotatable bonds is 2. The molecule has 0 aliphatic carbocycles. The fraction of sp³-hybridized carbons (Fsp3) is 0.182. The van der Waals surface area contributed by atoms with Gasteiger partial charge in [0, 0.05) is 6.08 Å². The highest BCUT2D eigenvalue weighted by Gasteiger charge is 2.37. The molecule has 0 bridgehead atoms. The number of anilines is 1. The number of ketones is 1. The summed E-state index contributed by atoms with van der Waals surface area (Å²) in [4.78, 5) is 11.5. The number of thioether (sulfide) groups is 1. The Balaban J connectivity index is 2.25. The van der Waals surface area contributed by atoms with Crippen LogP contribution in [0.4, 0.5) is 18.9 Å². The normalized spacial score (nSPS) is 16.3. The Morgan fingerprint density at radius 2 is 2.17 bits per heavy atom. The van der Waals surface area contributed by atoms with Crippen LogP contribution in [0.2, 0.25) is 0 Å². The van der Waals surface area contributed by atoms with Crippen LogP contribution in [0.25, 0.3) is 0 Å². The molecule has 0 unspecified atom stereocenters. The summed E-state index contributed by atoms with van der Waals surface area (Å²) in [6, 6.07) is 5.10. The molecule has 96 valence electrons. The molecular formula is C11H8F3NO2S. The summed E-state index contributed by atoms with van der Waals surface area (Å²) in [7, 11) is 1.47. The van der Waals surface area contributed by atoms with Gasteiger partial charge in [0.25, 0.3) is 5.78 Å². The summed E-state index contributed by atoms with van der Waals surface area (Å²) in [5.74, 6) is -1.34. The first-order valence-electron chi connectivity index (χ1n) is 4.86. The molecule has 0 amide bonds. The van der Waals surface area contributed by atoms with Gasteiger partial charge in [-0.05, 0) is 12.1 Å². The lowest BCUT2D eigenvalue weighted by molar-refractivity contribution is -0.165. The quantitative estimate of drug-likeness (QED) is 0.841. The molecular weight excluding hydrogens is 267 g/mol. The topological polar surface area (TPSA) is 38.3 Å². The molecule has 0 saturated carbocycles. The predicted octanol–water partition coefficient (Wildman–Crippen LogP) is 3.19. The predicted molar refractivity (Wildman–Crippen MR) is 61.6 cm³/mol. The van der Waals surface area contributed by atoms with Crippen LogP contribution < -0.4 is 10.1 Å². The van der Waals surface area contributed by atoms with Crippen molar-refractivity contribution >= 4 is 23.2 Å². The standard InChI is InChI=1S/C11H8F3NO2S/c1-17-7-4-2-3-6-10(7)18-9(15-6)5-8(16)11(12,13)14/h2-5,15H,1H3/b9-5+. The fourth-order valence-electron chi connectivity index (χ4n) is 1.41. The van der Waals surface area contributed by atoms with E-state index in [4.69, 9.17) is 4.74 Å². The van der Waals surface area contributed by atoms with Gasteiger partial charge in [-0.15, -0.1) is 0 Å². The number of carbonyl (C=O) groups is 1. The summed E-state index contributed by atoms with van der Waals surface area (Å²) in [6.07, 6.45) is -4.31. The lowest BCUT2D eigenvalue weighted by atomic mass is 10.3. The molecule has 0 spiro atoms. The maximum atomic E-state index is 12.1. The Hall–Kier alpha value is -1.63. The summed E-state index contributed by atoms with van der Waals surface area (Å²) < 4.78 is 41.4. The third-order valence-corrected chi connectivity index (χ3v) is 3.28. The molecule has 1 aromatic carbocycles. The van der Waals surface area contributed by atoms with Gasteiger partial charge in [-0.2, -0.15) is 13.2 Å². The zero-order chi connectivity index (χ0) is 13.3. The van der Waals surface area contributed by atoms with Gasteiger partial charge in [-0.25, -0.2) is 0 Å². The van der Waals surface area contributed by atoms with E-state index >= 15 is 0 Å². The molecule has 1 aromatic rings. The monoisotopic (exact) mass is 275 g/mol. The Morgan fingerprint density at radius 1 is 1.44 bits per heavy atom. The van der Waals surface area contributed by atoms with Gasteiger partial charge in [0.05, 0.1) is 22.7 Å². The molecule has 18 heavy (non-hydrogen) atoms. The number of halogens is 3. The Morgan fingerprint density at radius 3 is 2.78 bits per heavy atom. The van der Waals surface area contributed by atoms with E-state index in [9.17, 15) is 18.0 Å². The van der Waals surface area contributed by atoms with Crippen LogP contribution >= 0.6 is 11.8 Å². The number of methoxy groups -OCH3 is 1. The van der Waals surface area contributed by atoms with Crippen LogP contribution in [0, 0.1) is 0 Å². The number of benzene rings is 1.